The summed E-state index contributed by atoms with van der Waals surface area (Å²) in [5, 5.41) is 0. The zero-order valence-electron chi connectivity index (χ0n) is 12.4. The van der Waals surface area contributed by atoms with Gasteiger partial charge < -0.3 is 9.72 Å². The SMILES string of the molecule is CCCOc1ccc(-c2nc(C(C)C)c(Br)c(=O)[nH]2)cc1. The molecule has 0 saturated heterocycles. The van der Waals surface area contributed by atoms with Crippen molar-refractivity contribution in [1.29, 1.82) is 0 Å². The third kappa shape index (κ3) is 3.73. The molecule has 0 aliphatic rings. The Hall–Kier alpha value is -1.62. The molecule has 1 N–H and O–H groups in total. The fraction of sp³-hybridized carbons (Fsp3) is 0.375. The van der Waals surface area contributed by atoms with Gasteiger partial charge in [-0.2, -0.15) is 0 Å². The van der Waals surface area contributed by atoms with E-state index in [2.05, 4.69) is 32.8 Å². The van der Waals surface area contributed by atoms with Gasteiger partial charge in [0.15, 0.2) is 0 Å². The van der Waals surface area contributed by atoms with Crippen LogP contribution in [0.2, 0.25) is 0 Å². The number of nitrogens with zero attached hydrogens (tertiary/aromatic N) is 1. The molecule has 0 fully saturated rings. The molecule has 0 aliphatic heterocycles. The molecule has 1 aromatic carbocycles. The summed E-state index contributed by atoms with van der Waals surface area (Å²) < 4.78 is 6.05. The standard InChI is InChI=1S/C16H19BrN2O2/c1-4-9-21-12-7-5-11(6-8-12)15-18-14(10(2)3)13(17)16(20)19-15/h5-8,10H,4,9H2,1-3H3,(H,18,19,20). The maximum atomic E-state index is 12.0. The van der Waals surface area contributed by atoms with Crippen LogP contribution in [0.1, 0.15) is 38.8 Å². The molecule has 0 unspecified atom stereocenters. The molecule has 0 saturated carbocycles. The van der Waals surface area contributed by atoms with Gasteiger partial charge in [0.1, 0.15) is 16.0 Å². The van der Waals surface area contributed by atoms with Crippen molar-refractivity contribution in [2.45, 2.75) is 33.1 Å². The van der Waals surface area contributed by atoms with Crippen molar-refractivity contribution in [1.82, 2.24) is 9.97 Å². The Balaban J connectivity index is 2.36. The molecule has 0 atom stereocenters. The fourth-order valence-corrected chi connectivity index (χ4v) is 2.57. The number of hydrogen-bond acceptors (Lipinski definition) is 3. The van der Waals surface area contributed by atoms with Gasteiger partial charge >= 0.3 is 0 Å². The Kier molecular flexibility index (Phi) is 5.17. The van der Waals surface area contributed by atoms with Crippen LogP contribution in [-0.4, -0.2) is 16.6 Å². The lowest BCUT2D eigenvalue weighted by Gasteiger charge is -2.10. The van der Waals surface area contributed by atoms with Crippen LogP contribution in [0, 0.1) is 0 Å². The van der Waals surface area contributed by atoms with Gasteiger partial charge in [-0.1, -0.05) is 20.8 Å². The highest BCUT2D eigenvalue weighted by molar-refractivity contribution is 9.10. The molecule has 2 rings (SSSR count). The van der Waals surface area contributed by atoms with Crippen molar-refractivity contribution < 1.29 is 4.74 Å². The first-order valence-corrected chi connectivity index (χ1v) is 7.85. The number of H-pyrrole nitrogens is 1. The largest absolute Gasteiger partial charge is 0.494 e. The Labute approximate surface area is 132 Å². The lowest BCUT2D eigenvalue weighted by molar-refractivity contribution is 0.317. The van der Waals surface area contributed by atoms with E-state index in [1.807, 2.05) is 38.1 Å². The number of rotatable bonds is 5. The summed E-state index contributed by atoms with van der Waals surface area (Å²) in [7, 11) is 0. The van der Waals surface area contributed by atoms with Gasteiger partial charge in [0.25, 0.3) is 5.56 Å². The van der Waals surface area contributed by atoms with Crippen LogP contribution in [-0.2, 0) is 0 Å². The minimum atomic E-state index is -0.157. The average Bonchev–Trinajstić information content (AvgIpc) is 2.48. The van der Waals surface area contributed by atoms with E-state index < -0.39 is 0 Å². The zero-order chi connectivity index (χ0) is 15.4. The highest BCUT2D eigenvalue weighted by Crippen LogP contribution is 2.23. The molecule has 21 heavy (non-hydrogen) atoms. The number of hydrogen-bond donors (Lipinski definition) is 1. The third-order valence-corrected chi connectivity index (χ3v) is 3.80. The maximum Gasteiger partial charge on any atom is 0.265 e. The summed E-state index contributed by atoms with van der Waals surface area (Å²) in [4.78, 5) is 19.3. The highest BCUT2D eigenvalue weighted by Gasteiger charge is 2.13. The molecule has 0 amide bonds. The van der Waals surface area contributed by atoms with Crippen molar-refractivity contribution >= 4 is 15.9 Å². The number of aromatic nitrogens is 2. The Morgan fingerprint density at radius 1 is 1.29 bits per heavy atom. The summed E-state index contributed by atoms with van der Waals surface area (Å²) in [6.45, 7) is 6.79. The van der Waals surface area contributed by atoms with Gasteiger partial charge in [-0.15, -0.1) is 0 Å². The molecular formula is C16H19BrN2O2. The first-order chi connectivity index (χ1) is 10.0. The molecule has 2 aromatic rings. The van der Waals surface area contributed by atoms with E-state index >= 15 is 0 Å². The van der Waals surface area contributed by atoms with Crippen LogP contribution in [0.5, 0.6) is 5.75 Å². The minimum absolute atomic E-state index is 0.157. The van der Waals surface area contributed by atoms with E-state index in [1.54, 1.807) is 0 Å². The molecule has 0 radical (unpaired) electrons. The average molecular weight is 351 g/mol. The fourth-order valence-electron chi connectivity index (χ4n) is 1.92. The van der Waals surface area contributed by atoms with Crippen molar-refractivity contribution in [2.75, 3.05) is 6.61 Å². The van der Waals surface area contributed by atoms with E-state index in [-0.39, 0.29) is 11.5 Å². The van der Waals surface area contributed by atoms with Crippen molar-refractivity contribution in [2.24, 2.45) is 0 Å². The van der Waals surface area contributed by atoms with E-state index in [4.69, 9.17) is 4.74 Å². The van der Waals surface area contributed by atoms with E-state index in [1.165, 1.54) is 0 Å². The lowest BCUT2D eigenvalue weighted by atomic mass is 10.1. The molecule has 1 aromatic heterocycles. The number of halogens is 1. The van der Waals surface area contributed by atoms with Crippen LogP contribution in [0.25, 0.3) is 11.4 Å². The summed E-state index contributed by atoms with van der Waals surface area (Å²) in [5.74, 6) is 1.57. The van der Waals surface area contributed by atoms with Crippen molar-refractivity contribution in [3.8, 4) is 17.1 Å². The van der Waals surface area contributed by atoms with Crippen molar-refractivity contribution in [3.05, 3.63) is 44.8 Å². The topological polar surface area (TPSA) is 55.0 Å². The van der Waals surface area contributed by atoms with E-state index in [9.17, 15) is 4.79 Å². The quantitative estimate of drug-likeness (QED) is 0.882. The third-order valence-electron chi connectivity index (χ3n) is 3.04. The molecule has 0 spiro atoms. The predicted octanol–water partition coefficient (Wildman–Crippen LogP) is 4.11. The lowest BCUT2D eigenvalue weighted by Crippen LogP contribution is -2.14. The molecule has 112 valence electrons. The number of nitrogens with one attached hydrogen (secondary N) is 1. The van der Waals surface area contributed by atoms with Crippen LogP contribution in [0.4, 0.5) is 0 Å². The van der Waals surface area contributed by atoms with Gasteiger partial charge in [-0.25, -0.2) is 4.98 Å². The monoisotopic (exact) mass is 350 g/mol. The summed E-state index contributed by atoms with van der Waals surface area (Å²) >= 11 is 3.30. The predicted molar refractivity (Wildman–Crippen MR) is 87.9 cm³/mol. The molecule has 0 aliphatic carbocycles. The summed E-state index contributed by atoms with van der Waals surface area (Å²) in [6, 6.07) is 7.59. The van der Waals surface area contributed by atoms with Crippen LogP contribution < -0.4 is 10.3 Å². The second-order valence-corrected chi connectivity index (χ2v) is 5.93. The smallest absolute Gasteiger partial charge is 0.265 e. The van der Waals surface area contributed by atoms with Crippen LogP contribution in [0.3, 0.4) is 0 Å². The van der Waals surface area contributed by atoms with E-state index in [0.717, 1.165) is 23.4 Å². The van der Waals surface area contributed by atoms with Crippen LogP contribution in [0.15, 0.2) is 33.5 Å². The maximum absolute atomic E-state index is 12.0. The van der Waals surface area contributed by atoms with Crippen LogP contribution >= 0.6 is 15.9 Å². The number of ether oxygens (including phenoxy) is 1. The number of benzene rings is 1. The van der Waals surface area contributed by atoms with Gasteiger partial charge in [0.05, 0.1) is 12.3 Å². The summed E-state index contributed by atoms with van der Waals surface area (Å²) in [5.41, 5.74) is 1.47. The molecule has 5 heteroatoms. The second kappa shape index (κ2) is 6.89. The molecular weight excluding hydrogens is 332 g/mol. The first-order valence-electron chi connectivity index (χ1n) is 7.05. The van der Waals surface area contributed by atoms with Gasteiger partial charge in [0, 0.05) is 5.56 Å². The Morgan fingerprint density at radius 2 is 1.95 bits per heavy atom. The highest BCUT2D eigenvalue weighted by atomic mass is 79.9. The normalized spacial score (nSPS) is 10.9. The molecule has 0 bridgehead atoms. The van der Waals surface area contributed by atoms with Gasteiger partial charge in [-0.05, 0) is 52.5 Å². The zero-order valence-corrected chi connectivity index (χ0v) is 14.0. The first kappa shape index (κ1) is 15.8. The molecule has 1 heterocycles. The van der Waals surface area contributed by atoms with E-state index in [0.29, 0.717) is 16.9 Å². The molecule has 4 nitrogen and oxygen atoms in total. The second-order valence-electron chi connectivity index (χ2n) is 5.14. The summed E-state index contributed by atoms with van der Waals surface area (Å²) in [6.07, 6.45) is 0.973. The van der Waals surface area contributed by atoms with Gasteiger partial charge in [0.2, 0.25) is 0 Å². The number of aromatic amines is 1. The van der Waals surface area contributed by atoms with Crippen molar-refractivity contribution in [3.63, 3.8) is 0 Å². The Bertz CT molecular complexity index is 663. The Morgan fingerprint density at radius 3 is 2.52 bits per heavy atom. The minimum Gasteiger partial charge on any atom is -0.494 e. The van der Waals surface area contributed by atoms with Gasteiger partial charge in [-0.3, -0.25) is 4.79 Å².